The average molecular weight is 351 g/mol. The molecule has 0 aromatic heterocycles. The first kappa shape index (κ1) is 22.3. The first-order valence-corrected chi connectivity index (χ1v) is 12.0. The van der Waals surface area contributed by atoms with E-state index in [0.717, 1.165) is 12.1 Å². The largest absolute Gasteiger partial charge is 0.394 e. The maximum Gasteiger partial charge on any atom is 0.322 e. The van der Waals surface area contributed by atoms with Gasteiger partial charge in [0.1, 0.15) is 0 Å². The number of rotatable bonds is 9. The molecule has 134 valence electrons. The van der Waals surface area contributed by atoms with Crippen molar-refractivity contribution in [2.24, 2.45) is 0 Å². The number of hydrogen-bond acceptors (Lipinski definition) is 4. The predicted octanol–water partition coefficient (Wildman–Crippen LogP) is 3.91. The second-order valence-corrected chi connectivity index (χ2v) is 12.2. The Morgan fingerprint density at radius 3 is 1.23 bits per heavy atom. The molecule has 0 heterocycles. The number of hydrogen-bond donors (Lipinski definition) is 0. The molecule has 0 aromatic rings. The van der Waals surface area contributed by atoms with Crippen LogP contribution >= 0.6 is 0 Å². The van der Waals surface area contributed by atoms with Crippen LogP contribution in [0.15, 0.2) is 0 Å². The summed E-state index contributed by atoms with van der Waals surface area (Å²) < 4.78 is 24.4. The molecule has 0 amide bonds. The van der Waals surface area contributed by atoms with Crippen molar-refractivity contribution in [2.75, 3.05) is 0 Å². The Labute approximate surface area is 141 Å². The second kappa shape index (κ2) is 9.54. The zero-order valence-corrected chi connectivity index (χ0v) is 18.7. The van der Waals surface area contributed by atoms with Crippen LogP contribution in [0.2, 0.25) is 12.1 Å². The van der Waals surface area contributed by atoms with Gasteiger partial charge >= 0.3 is 18.6 Å². The van der Waals surface area contributed by atoms with E-state index in [9.17, 15) is 0 Å². The van der Waals surface area contributed by atoms with Crippen LogP contribution < -0.4 is 0 Å². The van der Waals surface area contributed by atoms with Crippen LogP contribution in [0.25, 0.3) is 0 Å². The van der Waals surface area contributed by atoms with Gasteiger partial charge in [-0.2, -0.15) is 0 Å². The van der Waals surface area contributed by atoms with E-state index in [1.807, 2.05) is 0 Å². The predicted molar refractivity (Wildman–Crippen MR) is 98.0 cm³/mol. The molecule has 0 saturated heterocycles. The lowest BCUT2D eigenvalue weighted by Gasteiger charge is -2.32. The monoisotopic (exact) mass is 350 g/mol. The van der Waals surface area contributed by atoms with E-state index in [0.29, 0.717) is 0 Å². The molecule has 0 fully saturated rings. The van der Waals surface area contributed by atoms with Gasteiger partial charge in [0.15, 0.2) is 0 Å². The van der Waals surface area contributed by atoms with Gasteiger partial charge in [-0.3, -0.25) is 0 Å². The van der Waals surface area contributed by atoms with Crippen LogP contribution in [0.3, 0.4) is 0 Å². The van der Waals surface area contributed by atoms with Gasteiger partial charge in [-0.05, 0) is 81.3 Å². The molecule has 6 heteroatoms. The molecule has 0 N–H and O–H groups in total. The minimum Gasteiger partial charge on any atom is -0.394 e. The summed E-state index contributed by atoms with van der Waals surface area (Å²) >= 11 is 0. The second-order valence-electron chi connectivity index (χ2n) is 8.27. The molecule has 0 saturated carbocycles. The summed E-state index contributed by atoms with van der Waals surface area (Å²) in [6.45, 7) is 20.8. The molecule has 0 spiro atoms. The summed E-state index contributed by atoms with van der Waals surface area (Å²) in [7, 11) is -3.42. The van der Waals surface area contributed by atoms with Crippen molar-refractivity contribution in [3.8, 4) is 0 Å². The molecule has 0 unspecified atom stereocenters. The molecule has 0 radical (unpaired) electrons. The van der Waals surface area contributed by atoms with Gasteiger partial charge in [0.05, 0.1) is 0 Å². The Bertz CT molecular complexity index is 270. The lowest BCUT2D eigenvalue weighted by molar-refractivity contribution is 0.0337. The highest BCUT2D eigenvalue weighted by Gasteiger charge is 2.29. The van der Waals surface area contributed by atoms with E-state index in [-0.39, 0.29) is 23.4 Å². The normalized spacial score (nSPS) is 13.9. The Morgan fingerprint density at radius 2 is 0.955 bits per heavy atom. The molecule has 0 aliphatic heterocycles. The third-order valence-corrected chi connectivity index (χ3v) is 8.37. The molecular weight excluding hydrogens is 312 g/mol. The van der Waals surface area contributed by atoms with Crippen LogP contribution in [0.5, 0.6) is 0 Å². The highest BCUT2D eigenvalue weighted by Crippen LogP contribution is 2.20. The van der Waals surface area contributed by atoms with E-state index in [4.69, 9.17) is 17.7 Å². The highest BCUT2D eigenvalue weighted by molar-refractivity contribution is 6.51. The van der Waals surface area contributed by atoms with Gasteiger partial charge in [-0.1, -0.05) is 0 Å². The molecule has 0 atom stereocenters. The Morgan fingerprint density at radius 1 is 0.636 bits per heavy atom. The van der Waals surface area contributed by atoms with Gasteiger partial charge in [-0.25, -0.2) is 0 Å². The lowest BCUT2D eigenvalue weighted by Crippen LogP contribution is -2.40. The average Bonchev–Trinajstić information content (AvgIpc) is 2.19. The van der Waals surface area contributed by atoms with Crippen LogP contribution in [-0.4, -0.2) is 42.0 Å². The SMILES string of the molecule is CC(C)O[SiH](CC[SiH](OC(C)(C)C)OC(C)(C)C)OC(C)C. The van der Waals surface area contributed by atoms with Crippen LogP contribution in [0.1, 0.15) is 69.2 Å². The van der Waals surface area contributed by atoms with Gasteiger partial charge in [0.25, 0.3) is 0 Å². The molecule has 0 rings (SSSR count). The topological polar surface area (TPSA) is 36.9 Å². The standard InChI is InChI=1S/C16H38O4Si2/c1-13(2)17-21(18-14(3)4)11-12-22(19-15(5,6)7)20-16(8,9)10/h13-14,21-22H,11-12H2,1-10H3. The zero-order valence-electron chi connectivity index (χ0n) is 16.4. The summed E-state index contributed by atoms with van der Waals surface area (Å²) in [5.74, 6) is 0. The maximum atomic E-state index is 6.20. The lowest BCUT2D eigenvalue weighted by atomic mass is 10.2. The fourth-order valence-electron chi connectivity index (χ4n) is 1.98. The molecule has 0 aromatic carbocycles. The quantitative estimate of drug-likeness (QED) is 0.591. The van der Waals surface area contributed by atoms with Crippen molar-refractivity contribution in [3.63, 3.8) is 0 Å². The first-order valence-electron chi connectivity index (χ1n) is 8.45. The van der Waals surface area contributed by atoms with Gasteiger partial charge in [-0.15, -0.1) is 0 Å². The van der Waals surface area contributed by atoms with Crippen molar-refractivity contribution in [1.29, 1.82) is 0 Å². The molecule has 0 aliphatic carbocycles. The first-order chi connectivity index (χ1) is 9.78. The van der Waals surface area contributed by atoms with E-state index in [1.165, 1.54) is 0 Å². The summed E-state index contributed by atoms with van der Waals surface area (Å²) in [5.41, 5.74) is -0.339. The minimum absolute atomic E-state index is 0.170. The summed E-state index contributed by atoms with van der Waals surface area (Å²) in [6, 6.07) is 1.88. The van der Waals surface area contributed by atoms with Crippen molar-refractivity contribution in [3.05, 3.63) is 0 Å². The van der Waals surface area contributed by atoms with Crippen LogP contribution in [0.4, 0.5) is 0 Å². The molecule has 0 aliphatic rings. The Balaban J connectivity index is 4.66. The summed E-state index contributed by atoms with van der Waals surface area (Å²) in [4.78, 5) is 0. The maximum absolute atomic E-state index is 6.20. The van der Waals surface area contributed by atoms with Crippen molar-refractivity contribution in [1.82, 2.24) is 0 Å². The third-order valence-electron chi connectivity index (χ3n) is 2.46. The van der Waals surface area contributed by atoms with Crippen molar-refractivity contribution in [2.45, 2.75) is 105 Å². The fraction of sp³-hybridized carbons (Fsp3) is 1.00. The molecule has 22 heavy (non-hydrogen) atoms. The van der Waals surface area contributed by atoms with Gasteiger partial charge < -0.3 is 17.7 Å². The zero-order chi connectivity index (χ0) is 17.6. The van der Waals surface area contributed by atoms with Crippen molar-refractivity contribution < 1.29 is 17.7 Å². The van der Waals surface area contributed by atoms with Gasteiger partial charge in [0.2, 0.25) is 0 Å². The van der Waals surface area contributed by atoms with E-state index < -0.39 is 18.6 Å². The van der Waals surface area contributed by atoms with E-state index in [2.05, 4.69) is 69.2 Å². The Hall–Kier alpha value is 0.274. The molecular formula is C16H38O4Si2. The smallest absolute Gasteiger partial charge is 0.322 e. The van der Waals surface area contributed by atoms with E-state index >= 15 is 0 Å². The molecule has 4 nitrogen and oxygen atoms in total. The van der Waals surface area contributed by atoms with Crippen LogP contribution in [-0.2, 0) is 17.7 Å². The van der Waals surface area contributed by atoms with Crippen LogP contribution in [0, 0.1) is 0 Å². The fourth-order valence-corrected chi connectivity index (χ4v) is 7.57. The van der Waals surface area contributed by atoms with E-state index in [1.54, 1.807) is 0 Å². The highest BCUT2D eigenvalue weighted by atomic mass is 28.3. The third kappa shape index (κ3) is 13.9. The molecule has 0 bridgehead atoms. The minimum atomic E-state index is -1.76. The Kier molecular flexibility index (Phi) is 9.66. The van der Waals surface area contributed by atoms with Gasteiger partial charge in [0, 0.05) is 23.4 Å². The van der Waals surface area contributed by atoms with Crippen molar-refractivity contribution >= 4 is 18.6 Å². The summed E-state index contributed by atoms with van der Waals surface area (Å²) in [5, 5.41) is 0. The summed E-state index contributed by atoms with van der Waals surface area (Å²) in [6.07, 6.45) is 0.421.